The third-order valence-corrected chi connectivity index (χ3v) is 4.09. The van der Waals surface area contributed by atoms with Gasteiger partial charge in [0.2, 0.25) is 0 Å². The van der Waals surface area contributed by atoms with Crippen molar-refractivity contribution in [3.05, 3.63) is 28.5 Å². The molecule has 1 aliphatic heterocycles. The molecule has 1 amide bonds. The first-order valence-electron chi connectivity index (χ1n) is 7.83. The number of carbonyl (C=O) groups is 2. The van der Waals surface area contributed by atoms with E-state index in [9.17, 15) is 9.59 Å². The van der Waals surface area contributed by atoms with Gasteiger partial charge in [0.25, 0.3) is 0 Å². The lowest BCUT2D eigenvalue weighted by Crippen LogP contribution is -2.35. The zero-order valence-corrected chi connectivity index (χ0v) is 15.4. The average molecular weight is 383 g/mol. The Hall–Kier alpha value is -1.43. The van der Waals surface area contributed by atoms with E-state index < -0.39 is 5.60 Å². The molecule has 0 spiro atoms. The van der Waals surface area contributed by atoms with Crippen molar-refractivity contribution in [2.75, 3.05) is 13.1 Å². The van der Waals surface area contributed by atoms with E-state index >= 15 is 0 Å². The Balaban J connectivity index is 1.79. The minimum absolute atomic E-state index is 0.163. The Morgan fingerprint density at radius 3 is 2.74 bits per heavy atom. The van der Waals surface area contributed by atoms with Gasteiger partial charge in [-0.1, -0.05) is 0 Å². The molecule has 0 N–H and O–H groups in total. The minimum atomic E-state index is -0.488. The van der Waals surface area contributed by atoms with Gasteiger partial charge in [-0.25, -0.2) is 4.79 Å². The van der Waals surface area contributed by atoms with Crippen LogP contribution in [0.4, 0.5) is 4.79 Å². The molecule has 1 fully saturated rings. The third kappa shape index (κ3) is 5.94. The molecule has 6 heteroatoms. The first-order valence-corrected chi connectivity index (χ1v) is 8.62. The van der Waals surface area contributed by atoms with Crippen LogP contribution in [0.3, 0.4) is 0 Å². The van der Waals surface area contributed by atoms with Gasteiger partial charge in [0.05, 0.1) is 0 Å². The number of hydrogen-bond acceptors (Lipinski definition) is 4. The molecule has 5 nitrogen and oxygen atoms in total. The van der Waals surface area contributed by atoms with Crippen molar-refractivity contribution >= 4 is 27.8 Å². The van der Waals surface area contributed by atoms with E-state index in [0.29, 0.717) is 25.9 Å². The number of aromatic nitrogens is 1. The second-order valence-corrected chi connectivity index (χ2v) is 7.88. The molecule has 0 aromatic carbocycles. The standard InChI is InChI=1S/C17H23BrN2O3/c1-17(2,3)23-16(22)20-7-6-12(11-20)8-15(21)9-14-5-4-13(18)10-19-14/h4-5,10,12H,6-9,11H2,1-3H3/t12-/m1/s1. The maximum Gasteiger partial charge on any atom is 0.410 e. The van der Waals surface area contributed by atoms with Gasteiger partial charge in [-0.2, -0.15) is 0 Å². The van der Waals surface area contributed by atoms with Crippen LogP contribution in [0.15, 0.2) is 22.8 Å². The van der Waals surface area contributed by atoms with Crippen LogP contribution in [-0.4, -0.2) is 40.5 Å². The molecule has 1 aliphatic rings. The molecule has 1 aromatic heterocycles. The molecular formula is C17H23BrN2O3. The van der Waals surface area contributed by atoms with Crippen LogP contribution in [0.25, 0.3) is 0 Å². The minimum Gasteiger partial charge on any atom is -0.444 e. The van der Waals surface area contributed by atoms with Crippen LogP contribution in [0, 0.1) is 5.92 Å². The van der Waals surface area contributed by atoms with E-state index in [-0.39, 0.29) is 17.8 Å². The predicted molar refractivity (Wildman–Crippen MR) is 91.2 cm³/mol. The van der Waals surface area contributed by atoms with Gasteiger partial charge in [0.1, 0.15) is 11.4 Å². The number of nitrogens with zero attached hydrogens (tertiary/aromatic N) is 2. The predicted octanol–water partition coefficient (Wildman–Crippen LogP) is 3.60. The fourth-order valence-electron chi connectivity index (χ4n) is 2.60. The summed E-state index contributed by atoms with van der Waals surface area (Å²) in [6.07, 6.45) is 3.08. The normalized spacial score (nSPS) is 18.1. The number of Topliss-reactive ketones (excluding diaryl/α,β-unsaturated/α-hetero) is 1. The van der Waals surface area contributed by atoms with Crippen molar-refractivity contribution in [2.24, 2.45) is 5.92 Å². The van der Waals surface area contributed by atoms with Crippen molar-refractivity contribution in [1.29, 1.82) is 0 Å². The molecule has 0 saturated carbocycles. The molecule has 2 rings (SSSR count). The second-order valence-electron chi connectivity index (χ2n) is 6.97. The molecule has 0 bridgehead atoms. The SMILES string of the molecule is CC(C)(C)OC(=O)N1CC[C@H](CC(=O)Cc2ccc(Br)cn2)C1. The number of ketones is 1. The summed E-state index contributed by atoms with van der Waals surface area (Å²) in [6.45, 7) is 6.81. The van der Waals surface area contributed by atoms with Gasteiger partial charge in [-0.05, 0) is 61.2 Å². The van der Waals surface area contributed by atoms with E-state index in [4.69, 9.17) is 4.74 Å². The van der Waals surface area contributed by atoms with Gasteiger partial charge < -0.3 is 9.64 Å². The van der Waals surface area contributed by atoms with Crippen LogP contribution in [0.2, 0.25) is 0 Å². The molecule has 1 atom stereocenters. The average Bonchev–Trinajstić information content (AvgIpc) is 2.88. The summed E-state index contributed by atoms with van der Waals surface area (Å²) < 4.78 is 6.27. The summed E-state index contributed by atoms with van der Waals surface area (Å²) >= 11 is 3.33. The molecule has 126 valence electrons. The quantitative estimate of drug-likeness (QED) is 0.797. The van der Waals surface area contributed by atoms with Gasteiger partial charge in [-0.3, -0.25) is 9.78 Å². The summed E-state index contributed by atoms with van der Waals surface area (Å²) in [6, 6.07) is 3.74. The van der Waals surface area contributed by atoms with E-state index in [0.717, 1.165) is 16.6 Å². The Bertz CT molecular complexity index is 566. The van der Waals surface area contributed by atoms with Crippen LogP contribution in [0.5, 0.6) is 0 Å². The highest BCUT2D eigenvalue weighted by Gasteiger charge is 2.30. The van der Waals surface area contributed by atoms with Crippen molar-refractivity contribution in [2.45, 2.75) is 45.6 Å². The number of likely N-dealkylation sites (tertiary alicyclic amines) is 1. The summed E-state index contributed by atoms with van der Waals surface area (Å²) in [5.41, 5.74) is 0.290. The fraction of sp³-hybridized carbons (Fsp3) is 0.588. The van der Waals surface area contributed by atoms with E-state index in [1.165, 1.54) is 0 Å². The smallest absolute Gasteiger partial charge is 0.410 e. The molecule has 23 heavy (non-hydrogen) atoms. The van der Waals surface area contributed by atoms with Crippen LogP contribution < -0.4 is 0 Å². The second kappa shape index (κ2) is 7.43. The number of rotatable bonds is 4. The molecule has 1 saturated heterocycles. The first kappa shape index (κ1) is 17.9. The Kier molecular flexibility index (Phi) is 5.79. The van der Waals surface area contributed by atoms with Gasteiger partial charge >= 0.3 is 6.09 Å². The lowest BCUT2D eigenvalue weighted by Gasteiger charge is -2.24. The molecule has 2 heterocycles. The molecule has 0 unspecified atom stereocenters. The summed E-state index contributed by atoms with van der Waals surface area (Å²) in [4.78, 5) is 30.1. The van der Waals surface area contributed by atoms with Gasteiger partial charge in [-0.15, -0.1) is 0 Å². The van der Waals surface area contributed by atoms with Crippen LogP contribution >= 0.6 is 15.9 Å². The van der Waals surface area contributed by atoms with Crippen molar-refractivity contribution in [3.8, 4) is 0 Å². The molecule has 1 aromatic rings. The third-order valence-electron chi connectivity index (χ3n) is 3.62. The zero-order chi connectivity index (χ0) is 17.0. The zero-order valence-electron chi connectivity index (χ0n) is 13.8. The highest BCUT2D eigenvalue weighted by Crippen LogP contribution is 2.22. The Morgan fingerprint density at radius 1 is 1.39 bits per heavy atom. The van der Waals surface area contributed by atoms with Gasteiger partial charge in [0.15, 0.2) is 0 Å². The van der Waals surface area contributed by atoms with E-state index in [1.54, 1.807) is 11.1 Å². The molecule has 0 aliphatic carbocycles. The Labute approximate surface area is 145 Å². The number of hydrogen-bond donors (Lipinski definition) is 0. The van der Waals surface area contributed by atoms with Crippen LogP contribution in [-0.2, 0) is 16.0 Å². The first-order chi connectivity index (χ1) is 10.7. The number of ether oxygens (including phenoxy) is 1. The number of halogens is 1. The number of amides is 1. The maximum atomic E-state index is 12.2. The van der Waals surface area contributed by atoms with Crippen molar-refractivity contribution in [1.82, 2.24) is 9.88 Å². The largest absolute Gasteiger partial charge is 0.444 e. The van der Waals surface area contributed by atoms with Crippen molar-refractivity contribution in [3.63, 3.8) is 0 Å². The Morgan fingerprint density at radius 2 is 2.13 bits per heavy atom. The highest BCUT2D eigenvalue weighted by atomic mass is 79.9. The number of carbonyl (C=O) groups excluding carboxylic acids is 2. The summed E-state index contributed by atoms with van der Waals surface area (Å²) in [5, 5.41) is 0. The maximum absolute atomic E-state index is 12.2. The summed E-state index contributed by atoms with van der Waals surface area (Å²) in [5.74, 6) is 0.376. The fourth-order valence-corrected chi connectivity index (χ4v) is 2.83. The van der Waals surface area contributed by atoms with E-state index in [1.807, 2.05) is 32.9 Å². The monoisotopic (exact) mass is 382 g/mol. The topological polar surface area (TPSA) is 59.5 Å². The number of pyridine rings is 1. The molecule has 0 radical (unpaired) electrons. The van der Waals surface area contributed by atoms with Crippen LogP contribution in [0.1, 0.15) is 39.3 Å². The lowest BCUT2D eigenvalue weighted by atomic mass is 9.99. The summed E-state index contributed by atoms with van der Waals surface area (Å²) in [7, 11) is 0. The molecular weight excluding hydrogens is 360 g/mol. The van der Waals surface area contributed by atoms with Crippen molar-refractivity contribution < 1.29 is 14.3 Å². The highest BCUT2D eigenvalue weighted by molar-refractivity contribution is 9.10. The van der Waals surface area contributed by atoms with E-state index in [2.05, 4.69) is 20.9 Å². The van der Waals surface area contributed by atoms with Gasteiger partial charge in [0, 0.05) is 42.3 Å². The lowest BCUT2D eigenvalue weighted by molar-refractivity contribution is -0.119.